The predicted molar refractivity (Wildman–Crippen MR) is 136 cm³/mol. The summed E-state index contributed by atoms with van der Waals surface area (Å²) in [5.41, 5.74) is 4.33. The van der Waals surface area contributed by atoms with Gasteiger partial charge in [0.25, 0.3) is 0 Å². The van der Waals surface area contributed by atoms with Crippen LogP contribution in [0.2, 0.25) is 5.02 Å². The minimum absolute atomic E-state index is 0.407. The minimum Gasteiger partial charge on any atom is -0.362 e. The molecule has 0 spiro atoms. The summed E-state index contributed by atoms with van der Waals surface area (Å²) in [5.74, 6) is 0. The maximum Gasteiger partial charge on any atom is 0.118 e. The number of pyridine rings is 3. The molecule has 0 radical (unpaired) electrons. The van der Waals surface area contributed by atoms with Crippen molar-refractivity contribution in [2.24, 2.45) is 0 Å². The fourth-order valence-electron chi connectivity index (χ4n) is 3.69. The van der Waals surface area contributed by atoms with Crippen molar-refractivity contribution >= 4 is 28.2 Å². The van der Waals surface area contributed by atoms with Gasteiger partial charge in [-0.3, -0.25) is 24.8 Å². The number of benzene rings is 1. The predicted octanol–water partition coefficient (Wildman–Crippen LogP) is 4.66. The molecule has 3 aromatic heterocycles. The van der Waals surface area contributed by atoms with Gasteiger partial charge in [0.15, 0.2) is 0 Å². The van der Waals surface area contributed by atoms with E-state index >= 15 is 0 Å². The van der Waals surface area contributed by atoms with Crippen molar-refractivity contribution in [3.63, 3.8) is 0 Å². The van der Waals surface area contributed by atoms with E-state index in [1.54, 1.807) is 6.20 Å². The van der Waals surface area contributed by atoms with E-state index in [2.05, 4.69) is 61.4 Å². The third-order valence-corrected chi connectivity index (χ3v) is 5.73. The number of hydrogen-bond acceptors (Lipinski definition) is 7. The van der Waals surface area contributed by atoms with Crippen LogP contribution >= 0.6 is 11.6 Å². The van der Waals surface area contributed by atoms with Gasteiger partial charge >= 0.3 is 0 Å². The lowest BCUT2D eigenvalue weighted by Gasteiger charge is -2.25. The number of nitrogens with one attached hydrogen (secondary N) is 1. The lowest BCUT2D eigenvalue weighted by atomic mass is 10.2. The van der Waals surface area contributed by atoms with E-state index in [0.29, 0.717) is 18.5 Å². The fourth-order valence-corrected chi connectivity index (χ4v) is 3.86. The summed E-state index contributed by atoms with van der Waals surface area (Å²) in [6.45, 7) is 4.45. The van der Waals surface area contributed by atoms with Gasteiger partial charge in [0.05, 0.1) is 5.52 Å². The zero-order valence-corrected chi connectivity index (χ0v) is 20.0. The number of ether oxygens (including phenoxy) is 1. The number of nitrogens with zero attached hydrogens (tertiary/aromatic N) is 5. The van der Waals surface area contributed by atoms with E-state index in [9.17, 15) is 0 Å². The van der Waals surface area contributed by atoms with Crippen LogP contribution in [0.4, 0.5) is 5.69 Å². The highest BCUT2D eigenvalue weighted by Crippen LogP contribution is 2.24. The first-order valence-electron chi connectivity index (χ1n) is 11.2. The van der Waals surface area contributed by atoms with E-state index in [4.69, 9.17) is 16.3 Å². The zero-order valence-electron chi connectivity index (χ0n) is 19.3. The smallest absolute Gasteiger partial charge is 0.118 e. The number of hydrogen-bond donors (Lipinski definition) is 1. The van der Waals surface area contributed by atoms with Gasteiger partial charge in [-0.2, -0.15) is 0 Å². The van der Waals surface area contributed by atoms with E-state index < -0.39 is 0 Å². The van der Waals surface area contributed by atoms with Crippen LogP contribution in [0, 0.1) is 0 Å². The maximum absolute atomic E-state index is 6.08. The Balaban J connectivity index is 1.25. The van der Waals surface area contributed by atoms with Gasteiger partial charge in [-0.05, 0) is 66.7 Å². The second-order valence-electron chi connectivity index (χ2n) is 8.18. The molecule has 1 N–H and O–H groups in total. The van der Waals surface area contributed by atoms with E-state index in [1.807, 2.05) is 49.1 Å². The average Bonchev–Trinajstić information content (AvgIpc) is 2.86. The first-order valence-corrected chi connectivity index (χ1v) is 11.6. The molecule has 34 heavy (non-hydrogen) atoms. The van der Waals surface area contributed by atoms with Crippen LogP contribution in [-0.2, 0) is 17.8 Å². The first kappa shape index (κ1) is 24.0. The Morgan fingerprint density at radius 1 is 0.853 bits per heavy atom. The molecular formula is C26H29ClN6O. The Morgan fingerprint density at radius 3 is 2.21 bits per heavy atom. The Kier molecular flexibility index (Phi) is 8.76. The summed E-state index contributed by atoms with van der Waals surface area (Å²) < 4.78 is 5.87. The molecule has 0 saturated carbocycles. The van der Waals surface area contributed by atoms with Crippen LogP contribution in [0.5, 0.6) is 0 Å². The summed E-state index contributed by atoms with van der Waals surface area (Å²) >= 11 is 6.08. The molecule has 0 bridgehead atoms. The van der Waals surface area contributed by atoms with Gasteiger partial charge in [0.2, 0.25) is 0 Å². The second kappa shape index (κ2) is 12.4. The van der Waals surface area contributed by atoms with Crippen LogP contribution in [0.3, 0.4) is 0 Å². The van der Waals surface area contributed by atoms with Crippen molar-refractivity contribution in [1.29, 1.82) is 0 Å². The molecular weight excluding hydrogens is 448 g/mol. The summed E-state index contributed by atoms with van der Waals surface area (Å²) in [6.07, 6.45) is 9.13. The normalized spacial score (nSPS) is 11.4. The van der Waals surface area contributed by atoms with Gasteiger partial charge in [-0.1, -0.05) is 11.6 Å². The van der Waals surface area contributed by atoms with Gasteiger partial charge in [0.1, 0.15) is 13.5 Å². The number of likely N-dealkylation sites (N-methyl/N-ethyl adjacent to an activating group) is 1. The molecule has 8 heteroatoms. The number of halogens is 1. The van der Waals surface area contributed by atoms with Crippen molar-refractivity contribution in [3.8, 4) is 0 Å². The lowest BCUT2D eigenvalue weighted by molar-refractivity contribution is 0.0469. The quantitative estimate of drug-likeness (QED) is 0.236. The Labute approximate surface area is 205 Å². The van der Waals surface area contributed by atoms with Crippen LogP contribution < -0.4 is 5.32 Å². The lowest BCUT2D eigenvalue weighted by Crippen LogP contribution is -2.34. The maximum atomic E-state index is 6.08. The zero-order chi connectivity index (χ0) is 23.6. The molecule has 0 unspecified atom stereocenters. The van der Waals surface area contributed by atoms with E-state index in [1.165, 1.54) is 11.1 Å². The molecule has 0 aliphatic carbocycles. The van der Waals surface area contributed by atoms with Crippen LogP contribution in [0.25, 0.3) is 10.9 Å². The molecule has 0 aliphatic rings. The molecule has 1 aromatic carbocycles. The standard InChI is InChI=1S/C26H29ClN6O/c1-32(20-34-19-31-25-8-13-30-26-16-23(27)2-3-24(25)26)14-15-33(17-21-4-9-28-10-5-21)18-22-6-11-29-12-7-22/h2-13,16H,14-15,17-20H2,1H3,(H,30,31). The highest BCUT2D eigenvalue weighted by atomic mass is 35.5. The highest BCUT2D eigenvalue weighted by Gasteiger charge is 2.09. The number of anilines is 1. The molecule has 4 aromatic rings. The number of fused-ring (bicyclic) bond motifs is 1. The molecule has 0 amide bonds. The van der Waals surface area contributed by atoms with Gasteiger partial charge in [-0.15, -0.1) is 0 Å². The summed E-state index contributed by atoms with van der Waals surface area (Å²) in [7, 11) is 2.07. The van der Waals surface area contributed by atoms with Crippen molar-refractivity contribution in [3.05, 3.63) is 95.7 Å². The van der Waals surface area contributed by atoms with Gasteiger partial charge in [-0.25, -0.2) is 0 Å². The molecule has 176 valence electrons. The van der Waals surface area contributed by atoms with E-state index in [-0.39, 0.29) is 0 Å². The van der Waals surface area contributed by atoms with Crippen molar-refractivity contribution < 1.29 is 4.74 Å². The van der Waals surface area contributed by atoms with Gasteiger partial charge in [0, 0.05) is 73.3 Å². The molecule has 3 heterocycles. The van der Waals surface area contributed by atoms with Crippen molar-refractivity contribution in [2.75, 3.05) is 38.9 Å². The molecule has 4 rings (SSSR count). The highest BCUT2D eigenvalue weighted by molar-refractivity contribution is 6.31. The Morgan fingerprint density at radius 2 is 1.53 bits per heavy atom. The third kappa shape index (κ3) is 7.20. The van der Waals surface area contributed by atoms with E-state index in [0.717, 1.165) is 42.8 Å². The minimum atomic E-state index is 0.407. The Bertz CT molecular complexity index is 1120. The topological polar surface area (TPSA) is 66.4 Å². The summed E-state index contributed by atoms with van der Waals surface area (Å²) in [6, 6.07) is 15.9. The summed E-state index contributed by atoms with van der Waals surface area (Å²) in [5, 5.41) is 5.04. The Hall–Kier alpha value is -3.10. The number of aromatic nitrogens is 3. The average molecular weight is 477 g/mol. The first-order chi connectivity index (χ1) is 16.7. The molecule has 0 atom stereocenters. The molecule has 0 fully saturated rings. The third-order valence-electron chi connectivity index (χ3n) is 5.49. The molecule has 7 nitrogen and oxygen atoms in total. The molecule has 0 aliphatic heterocycles. The summed E-state index contributed by atoms with van der Waals surface area (Å²) in [4.78, 5) is 17.2. The van der Waals surface area contributed by atoms with Gasteiger partial charge < -0.3 is 10.1 Å². The largest absolute Gasteiger partial charge is 0.362 e. The van der Waals surface area contributed by atoms with Crippen LogP contribution in [0.15, 0.2) is 79.5 Å². The van der Waals surface area contributed by atoms with Crippen LogP contribution in [-0.4, -0.2) is 58.4 Å². The van der Waals surface area contributed by atoms with Crippen molar-refractivity contribution in [1.82, 2.24) is 24.8 Å². The number of rotatable bonds is 12. The van der Waals surface area contributed by atoms with Crippen LogP contribution in [0.1, 0.15) is 11.1 Å². The molecule has 0 saturated heterocycles. The monoisotopic (exact) mass is 476 g/mol. The fraction of sp³-hybridized carbons (Fsp3) is 0.269. The second-order valence-corrected chi connectivity index (χ2v) is 8.61. The SMILES string of the molecule is CN(CCN(Cc1ccncc1)Cc1ccncc1)COCNc1ccnc2cc(Cl)ccc12. The van der Waals surface area contributed by atoms with Crippen molar-refractivity contribution in [2.45, 2.75) is 13.1 Å².